The number of benzene rings is 1. The molecule has 0 unspecified atom stereocenters. The maximum atomic E-state index is 13.1. The standard InChI is InChI=1S/C13H12FNO/c1-3-13(16)11-6-8(2)15-12-7-9(14)4-5-10(11)12/h4-7H,3H2,1-2H3. The Balaban J connectivity index is 2.77. The molecule has 0 N–H and O–H groups in total. The number of fused-ring (bicyclic) bond motifs is 1. The lowest BCUT2D eigenvalue weighted by atomic mass is 10.0. The van der Waals surface area contributed by atoms with Gasteiger partial charge in [0.1, 0.15) is 5.82 Å². The quantitative estimate of drug-likeness (QED) is 0.722. The summed E-state index contributed by atoms with van der Waals surface area (Å²) >= 11 is 0. The lowest BCUT2D eigenvalue weighted by Crippen LogP contribution is -2.00. The van der Waals surface area contributed by atoms with Crippen LogP contribution >= 0.6 is 0 Å². The summed E-state index contributed by atoms with van der Waals surface area (Å²) in [6, 6.07) is 6.08. The number of carbonyl (C=O) groups excluding carboxylic acids is 1. The summed E-state index contributed by atoms with van der Waals surface area (Å²) in [5, 5.41) is 0.721. The zero-order valence-electron chi connectivity index (χ0n) is 9.25. The summed E-state index contributed by atoms with van der Waals surface area (Å²) < 4.78 is 13.1. The maximum absolute atomic E-state index is 13.1. The zero-order valence-corrected chi connectivity index (χ0v) is 9.25. The number of nitrogens with zero attached hydrogens (tertiary/aromatic N) is 1. The molecule has 16 heavy (non-hydrogen) atoms. The number of Topliss-reactive ketones (excluding diaryl/α,β-unsaturated/α-hetero) is 1. The Morgan fingerprint density at radius 3 is 2.81 bits per heavy atom. The highest BCUT2D eigenvalue weighted by Gasteiger charge is 2.10. The number of halogens is 1. The van der Waals surface area contributed by atoms with Gasteiger partial charge in [-0.15, -0.1) is 0 Å². The lowest BCUT2D eigenvalue weighted by Gasteiger charge is -2.05. The summed E-state index contributed by atoms with van der Waals surface area (Å²) in [4.78, 5) is 16.0. The van der Waals surface area contributed by atoms with Crippen molar-refractivity contribution in [3.63, 3.8) is 0 Å². The summed E-state index contributed by atoms with van der Waals surface area (Å²) in [6.07, 6.45) is 0.440. The minimum Gasteiger partial charge on any atom is -0.294 e. The second-order valence-corrected chi connectivity index (χ2v) is 3.75. The van der Waals surface area contributed by atoms with E-state index in [0.29, 0.717) is 17.5 Å². The maximum Gasteiger partial charge on any atom is 0.163 e. The second-order valence-electron chi connectivity index (χ2n) is 3.75. The van der Waals surface area contributed by atoms with Crippen LogP contribution in [-0.2, 0) is 0 Å². The summed E-state index contributed by atoms with van der Waals surface area (Å²) in [5.74, 6) is -0.275. The summed E-state index contributed by atoms with van der Waals surface area (Å²) in [5.41, 5.74) is 1.90. The second kappa shape index (κ2) is 4.00. The van der Waals surface area contributed by atoms with Crippen molar-refractivity contribution in [2.75, 3.05) is 0 Å². The first kappa shape index (κ1) is 10.7. The van der Waals surface area contributed by atoms with Crippen molar-refractivity contribution in [1.29, 1.82) is 0 Å². The Kier molecular flexibility index (Phi) is 2.69. The molecule has 0 radical (unpaired) electrons. The molecule has 0 saturated carbocycles. The van der Waals surface area contributed by atoms with E-state index in [1.807, 2.05) is 6.92 Å². The highest BCUT2D eigenvalue weighted by atomic mass is 19.1. The highest BCUT2D eigenvalue weighted by molar-refractivity contribution is 6.07. The molecule has 0 aliphatic heterocycles. The Morgan fingerprint density at radius 2 is 2.12 bits per heavy atom. The van der Waals surface area contributed by atoms with Crippen molar-refractivity contribution in [2.45, 2.75) is 20.3 Å². The average Bonchev–Trinajstić information content (AvgIpc) is 2.26. The predicted octanol–water partition coefficient (Wildman–Crippen LogP) is 3.28. The number of ketones is 1. The third-order valence-electron chi connectivity index (χ3n) is 2.52. The molecule has 0 spiro atoms. The molecule has 2 rings (SSSR count). The molecular weight excluding hydrogens is 205 g/mol. The third kappa shape index (κ3) is 1.81. The van der Waals surface area contributed by atoms with Gasteiger partial charge in [-0.3, -0.25) is 9.78 Å². The van der Waals surface area contributed by atoms with E-state index in [1.165, 1.54) is 12.1 Å². The molecule has 0 aliphatic carbocycles. The first-order chi connectivity index (χ1) is 7.61. The molecule has 3 heteroatoms. The predicted molar refractivity (Wildman–Crippen MR) is 61.1 cm³/mol. The van der Waals surface area contributed by atoms with Crippen LogP contribution in [0, 0.1) is 12.7 Å². The Bertz CT molecular complexity index is 558. The van der Waals surface area contributed by atoms with Crippen molar-refractivity contribution in [2.24, 2.45) is 0 Å². The molecule has 82 valence electrons. The number of aryl methyl sites for hydroxylation is 1. The van der Waals surface area contributed by atoms with Gasteiger partial charge in [-0.1, -0.05) is 6.92 Å². The minimum atomic E-state index is -0.333. The van der Waals surface area contributed by atoms with Crippen LogP contribution in [0.3, 0.4) is 0 Å². The summed E-state index contributed by atoms with van der Waals surface area (Å²) in [7, 11) is 0. The van der Waals surface area contributed by atoms with Gasteiger partial charge in [0.15, 0.2) is 5.78 Å². The number of pyridine rings is 1. The van der Waals surface area contributed by atoms with E-state index in [-0.39, 0.29) is 11.6 Å². The number of hydrogen-bond donors (Lipinski definition) is 0. The van der Waals surface area contributed by atoms with E-state index in [9.17, 15) is 9.18 Å². The highest BCUT2D eigenvalue weighted by Crippen LogP contribution is 2.20. The van der Waals surface area contributed by atoms with Crippen molar-refractivity contribution in [1.82, 2.24) is 4.98 Å². The summed E-state index contributed by atoms with van der Waals surface area (Å²) in [6.45, 7) is 3.62. The molecule has 2 aromatic rings. The third-order valence-corrected chi connectivity index (χ3v) is 2.52. The van der Waals surface area contributed by atoms with Crippen LogP contribution in [0.1, 0.15) is 29.4 Å². The number of rotatable bonds is 2. The van der Waals surface area contributed by atoms with E-state index in [4.69, 9.17) is 0 Å². The Hall–Kier alpha value is -1.77. The molecule has 2 nitrogen and oxygen atoms in total. The fourth-order valence-electron chi connectivity index (χ4n) is 1.76. The number of carbonyl (C=O) groups is 1. The molecule has 0 bridgehead atoms. The van der Waals surface area contributed by atoms with Crippen LogP contribution in [0.25, 0.3) is 10.9 Å². The molecule has 1 heterocycles. The topological polar surface area (TPSA) is 30.0 Å². The van der Waals surface area contributed by atoms with Crippen LogP contribution in [0.5, 0.6) is 0 Å². The Labute approximate surface area is 93.1 Å². The molecule has 0 aliphatic rings. The largest absolute Gasteiger partial charge is 0.294 e. The van der Waals surface area contributed by atoms with E-state index >= 15 is 0 Å². The van der Waals surface area contributed by atoms with Crippen LogP contribution in [0.4, 0.5) is 4.39 Å². The van der Waals surface area contributed by atoms with Crippen molar-refractivity contribution >= 4 is 16.7 Å². The molecule has 0 atom stereocenters. The van der Waals surface area contributed by atoms with Crippen LogP contribution in [0.2, 0.25) is 0 Å². The number of hydrogen-bond acceptors (Lipinski definition) is 2. The van der Waals surface area contributed by atoms with Crippen LogP contribution < -0.4 is 0 Å². The minimum absolute atomic E-state index is 0.0575. The van der Waals surface area contributed by atoms with Gasteiger partial charge in [-0.25, -0.2) is 4.39 Å². The van der Waals surface area contributed by atoms with Crippen molar-refractivity contribution < 1.29 is 9.18 Å². The molecule has 1 aromatic carbocycles. The molecule has 0 saturated heterocycles. The van der Waals surface area contributed by atoms with Crippen molar-refractivity contribution in [3.05, 3.63) is 41.3 Å². The molecule has 0 amide bonds. The lowest BCUT2D eigenvalue weighted by molar-refractivity contribution is 0.0989. The first-order valence-electron chi connectivity index (χ1n) is 5.22. The SMILES string of the molecule is CCC(=O)c1cc(C)nc2cc(F)ccc12. The molecule has 1 aromatic heterocycles. The van der Waals surface area contributed by atoms with Crippen molar-refractivity contribution in [3.8, 4) is 0 Å². The smallest absolute Gasteiger partial charge is 0.163 e. The van der Waals surface area contributed by atoms with Gasteiger partial charge >= 0.3 is 0 Å². The van der Waals surface area contributed by atoms with Gasteiger partial charge in [-0.2, -0.15) is 0 Å². The van der Waals surface area contributed by atoms with Gasteiger partial charge < -0.3 is 0 Å². The van der Waals surface area contributed by atoms with Gasteiger partial charge in [0, 0.05) is 29.1 Å². The van der Waals surface area contributed by atoms with E-state index in [2.05, 4.69) is 4.98 Å². The fourth-order valence-corrected chi connectivity index (χ4v) is 1.76. The van der Waals surface area contributed by atoms with Gasteiger partial charge in [0.2, 0.25) is 0 Å². The average molecular weight is 217 g/mol. The first-order valence-corrected chi connectivity index (χ1v) is 5.22. The van der Waals surface area contributed by atoms with Gasteiger partial charge in [-0.05, 0) is 25.1 Å². The fraction of sp³-hybridized carbons (Fsp3) is 0.231. The van der Waals surface area contributed by atoms with E-state index in [0.717, 1.165) is 11.1 Å². The molecular formula is C13H12FNO. The van der Waals surface area contributed by atoms with Crippen LogP contribution in [0.15, 0.2) is 24.3 Å². The monoisotopic (exact) mass is 217 g/mol. The molecule has 0 fully saturated rings. The number of aromatic nitrogens is 1. The Morgan fingerprint density at radius 1 is 1.38 bits per heavy atom. The van der Waals surface area contributed by atoms with Gasteiger partial charge in [0.25, 0.3) is 0 Å². The zero-order chi connectivity index (χ0) is 11.7. The normalized spacial score (nSPS) is 10.7. The van der Waals surface area contributed by atoms with Gasteiger partial charge in [0.05, 0.1) is 5.52 Å². The van der Waals surface area contributed by atoms with E-state index < -0.39 is 0 Å². The van der Waals surface area contributed by atoms with E-state index in [1.54, 1.807) is 19.1 Å². The van der Waals surface area contributed by atoms with Crippen LogP contribution in [-0.4, -0.2) is 10.8 Å².